The van der Waals surface area contributed by atoms with Gasteiger partial charge < -0.3 is 18.9 Å². The molecule has 0 heterocycles. The second-order valence-corrected chi connectivity index (χ2v) is 4.24. The third-order valence-electron chi connectivity index (χ3n) is 2.74. The molecule has 0 fully saturated rings. The van der Waals surface area contributed by atoms with E-state index < -0.39 is 18.6 Å². The molecular formula is C15H18F2O6. The Morgan fingerprint density at radius 2 is 1.74 bits per heavy atom. The van der Waals surface area contributed by atoms with Crippen molar-refractivity contribution in [2.24, 2.45) is 0 Å². The van der Waals surface area contributed by atoms with Crippen molar-refractivity contribution >= 4 is 11.9 Å². The van der Waals surface area contributed by atoms with Crippen LogP contribution in [-0.4, -0.2) is 38.9 Å². The maximum atomic E-state index is 12.5. The lowest BCUT2D eigenvalue weighted by molar-refractivity contribution is -0.142. The molecule has 8 heteroatoms. The number of esters is 2. The number of hydrogen-bond donors (Lipinski definition) is 0. The zero-order valence-electron chi connectivity index (χ0n) is 13.1. The highest BCUT2D eigenvalue weighted by Gasteiger charge is 2.21. The van der Waals surface area contributed by atoms with Crippen molar-refractivity contribution in [1.29, 1.82) is 0 Å². The van der Waals surface area contributed by atoms with Crippen LogP contribution in [0.3, 0.4) is 0 Å². The smallest absolute Gasteiger partial charge is 0.387 e. The third kappa shape index (κ3) is 5.39. The van der Waals surface area contributed by atoms with Crippen molar-refractivity contribution in [2.75, 3.05) is 20.3 Å². The van der Waals surface area contributed by atoms with Crippen LogP contribution in [0.15, 0.2) is 12.1 Å². The quantitative estimate of drug-likeness (QED) is 0.682. The first-order valence-electron chi connectivity index (χ1n) is 6.91. The standard InChI is InChI=1S/C15H18F2O6/c1-4-21-13(18)7-9-6-11(20-3)12(23-15(16)17)8-10(9)14(19)22-5-2/h6,8,15H,4-5,7H2,1-3H3. The van der Waals surface area contributed by atoms with Crippen molar-refractivity contribution in [1.82, 2.24) is 0 Å². The van der Waals surface area contributed by atoms with Crippen LogP contribution in [0.1, 0.15) is 29.8 Å². The van der Waals surface area contributed by atoms with E-state index in [0.717, 1.165) is 6.07 Å². The Kier molecular flexibility index (Phi) is 7.24. The van der Waals surface area contributed by atoms with Crippen LogP contribution >= 0.6 is 0 Å². The van der Waals surface area contributed by atoms with Crippen molar-refractivity contribution in [3.8, 4) is 11.5 Å². The summed E-state index contributed by atoms with van der Waals surface area (Å²) in [6, 6.07) is 2.35. The molecule has 0 aliphatic heterocycles. The number of alkyl halides is 2. The Labute approximate surface area is 132 Å². The minimum atomic E-state index is -3.09. The van der Waals surface area contributed by atoms with Crippen molar-refractivity contribution in [3.63, 3.8) is 0 Å². The fraction of sp³-hybridized carbons (Fsp3) is 0.467. The van der Waals surface area contributed by atoms with Gasteiger partial charge in [0.15, 0.2) is 11.5 Å². The predicted octanol–water partition coefficient (Wildman–Crippen LogP) is 2.58. The van der Waals surface area contributed by atoms with Crippen LogP contribution in [0.25, 0.3) is 0 Å². The van der Waals surface area contributed by atoms with Crippen molar-refractivity contribution < 1.29 is 37.3 Å². The lowest BCUT2D eigenvalue weighted by Gasteiger charge is -2.15. The monoisotopic (exact) mass is 332 g/mol. The molecule has 0 aromatic heterocycles. The van der Waals surface area contributed by atoms with E-state index in [4.69, 9.17) is 14.2 Å². The number of halogens is 2. The topological polar surface area (TPSA) is 71.1 Å². The molecule has 0 bridgehead atoms. The number of rotatable bonds is 8. The van der Waals surface area contributed by atoms with Gasteiger partial charge in [-0.2, -0.15) is 8.78 Å². The molecular weight excluding hydrogens is 314 g/mol. The molecule has 23 heavy (non-hydrogen) atoms. The summed E-state index contributed by atoms with van der Waals surface area (Å²) in [6.45, 7) is 0.425. The molecule has 0 aliphatic carbocycles. The average molecular weight is 332 g/mol. The zero-order chi connectivity index (χ0) is 17.4. The number of carbonyl (C=O) groups excluding carboxylic acids is 2. The van der Waals surface area contributed by atoms with Crippen LogP contribution in [-0.2, 0) is 20.7 Å². The molecule has 0 amide bonds. The van der Waals surface area contributed by atoms with Crippen LogP contribution in [0.5, 0.6) is 11.5 Å². The van der Waals surface area contributed by atoms with E-state index in [1.807, 2.05) is 0 Å². The summed E-state index contributed by atoms with van der Waals surface area (Å²) in [5.74, 6) is -1.67. The summed E-state index contributed by atoms with van der Waals surface area (Å²) < 4.78 is 43.9. The SMILES string of the molecule is CCOC(=O)Cc1cc(OC)c(OC(F)F)cc1C(=O)OCC. The first kappa shape index (κ1) is 18.7. The third-order valence-corrected chi connectivity index (χ3v) is 2.74. The fourth-order valence-corrected chi connectivity index (χ4v) is 1.86. The molecule has 6 nitrogen and oxygen atoms in total. The summed E-state index contributed by atoms with van der Waals surface area (Å²) in [5.41, 5.74) is 0.178. The Bertz CT molecular complexity index is 559. The van der Waals surface area contributed by atoms with Gasteiger partial charge in [-0.1, -0.05) is 0 Å². The van der Waals surface area contributed by atoms with Gasteiger partial charge in [0.2, 0.25) is 0 Å². The van der Waals surface area contributed by atoms with Gasteiger partial charge in [0.25, 0.3) is 0 Å². The number of methoxy groups -OCH3 is 1. The number of hydrogen-bond acceptors (Lipinski definition) is 6. The maximum Gasteiger partial charge on any atom is 0.387 e. The largest absolute Gasteiger partial charge is 0.493 e. The molecule has 1 aromatic carbocycles. The van der Waals surface area contributed by atoms with E-state index in [1.165, 1.54) is 13.2 Å². The van der Waals surface area contributed by atoms with E-state index in [-0.39, 0.29) is 42.3 Å². The van der Waals surface area contributed by atoms with Crippen LogP contribution in [0.2, 0.25) is 0 Å². The van der Waals surface area contributed by atoms with Crippen LogP contribution < -0.4 is 9.47 Å². The van der Waals surface area contributed by atoms with Gasteiger partial charge in [-0.05, 0) is 31.5 Å². The predicted molar refractivity (Wildman–Crippen MR) is 75.9 cm³/mol. The van der Waals surface area contributed by atoms with E-state index in [0.29, 0.717) is 0 Å². The molecule has 0 saturated carbocycles. The Morgan fingerprint density at radius 1 is 1.09 bits per heavy atom. The normalized spacial score (nSPS) is 10.3. The Hall–Kier alpha value is -2.38. The Morgan fingerprint density at radius 3 is 2.26 bits per heavy atom. The second kappa shape index (κ2) is 8.92. The maximum absolute atomic E-state index is 12.5. The second-order valence-electron chi connectivity index (χ2n) is 4.24. The summed E-state index contributed by atoms with van der Waals surface area (Å²) >= 11 is 0. The first-order chi connectivity index (χ1) is 10.9. The van der Waals surface area contributed by atoms with Crippen molar-refractivity contribution in [2.45, 2.75) is 26.9 Å². The average Bonchev–Trinajstić information content (AvgIpc) is 2.48. The summed E-state index contributed by atoms with van der Waals surface area (Å²) in [4.78, 5) is 23.6. The zero-order valence-corrected chi connectivity index (χ0v) is 13.1. The molecule has 128 valence electrons. The molecule has 0 saturated heterocycles. The van der Waals surface area contributed by atoms with Crippen molar-refractivity contribution in [3.05, 3.63) is 23.3 Å². The molecule has 0 N–H and O–H groups in total. The van der Waals surface area contributed by atoms with Crippen LogP contribution in [0.4, 0.5) is 8.78 Å². The van der Waals surface area contributed by atoms with Crippen LogP contribution in [0, 0.1) is 0 Å². The lowest BCUT2D eigenvalue weighted by Crippen LogP contribution is -2.15. The van der Waals surface area contributed by atoms with Gasteiger partial charge in [0, 0.05) is 0 Å². The fourth-order valence-electron chi connectivity index (χ4n) is 1.86. The molecule has 1 aromatic rings. The molecule has 0 unspecified atom stereocenters. The molecule has 1 rings (SSSR count). The molecule has 0 radical (unpaired) electrons. The van der Waals surface area contributed by atoms with E-state index >= 15 is 0 Å². The highest BCUT2D eigenvalue weighted by Crippen LogP contribution is 2.33. The van der Waals surface area contributed by atoms with E-state index in [9.17, 15) is 18.4 Å². The summed E-state index contributed by atoms with van der Waals surface area (Å²) in [6.07, 6.45) is -0.229. The Balaban J connectivity index is 3.28. The molecule has 0 aliphatic rings. The van der Waals surface area contributed by atoms with Gasteiger partial charge >= 0.3 is 18.6 Å². The minimum absolute atomic E-state index is 0.0300. The van der Waals surface area contributed by atoms with Gasteiger partial charge in [0.1, 0.15) is 0 Å². The summed E-state index contributed by atoms with van der Waals surface area (Å²) in [5, 5.41) is 0. The lowest BCUT2D eigenvalue weighted by atomic mass is 10.0. The van der Waals surface area contributed by atoms with Gasteiger partial charge in [-0.25, -0.2) is 4.79 Å². The highest BCUT2D eigenvalue weighted by atomic mass is 19.3. The number of benzene rings is 1. The minimum Gasteiger partial charge on any atom is -0.493 e. The van der Waals surface area contributed by atoms with Gasteiger partial charge in [-0.3, -0.25) is 4.79 Å². The number of ether oxygens (including phenoxy) is 4. The highest BCUT2D eigenvalue weighted by molar-refractivity contribution is 5.93. The van der Waals surface area contributed by atoms with E-state index in [2.05, 4.69) is 4.74 Å². The molecule has 0 atom stereocenters. The number of carbonyl (C=O) groups is 2. The van der Waals surface area contributed by atoms with Gasteiger partial charge in [-0.15, -0.1) is 0 Å². The summed E-state index contributed by atoms with van der Waals surface area (Å²) in [7, 11) is 1.26. The van der Waals surface area contributed by atoms with E-state index in [1.54, 1.807) is 13.8 Å². The first-order valence-corrected chi connectivity index (χ1v) is 6.91. The molecule has 0 spiro atoms. The van der Waals surface area contributed by atoms with Gasteiger partial charge in [0.05, 0.1) is 32.3 Å².